The smallest absolute Gasteiger partial charge is 0.250 e. The highest BCUT2D eigenvalue weighted by Gasteiger charge is 2.23. The first kappa shape index (κ1) is 26.8. The second-order valence-electron chi connectivity index (χ2n) is 7.88. The summed E-state index contributed by atoms with van der Waals surface area (Å²) in [7, 11) is 3.48. The number of carbonyl (C=O) groups is 1. The second-order valence-corrected chi connectivity index (χ2v) is 7.88. The Kier molecular flexibility index (Phi) is 11.5. The van der Waals surface area contributed by atoms with E-state index in [0.29, 0.717) is 18.4 Å². The van der Waals surface area contributed by atoms with Crippen LogP contribution >= 0.6 is 0 Å². The normalized spacial score (nSPS) is 13.2. The molecule has 0 aliphatic carbocycles. The molecule has 7 heteroatoms. The molecular formula is C27H32N4O3. The fourth-order valence-electron chi connectivity index (χ4n) is 3.40. The molecule has 0 bridgehead atoms. The second kappa shape index (κ2) is 14.6. The molecule has 2 aromatic rings. The van der Waals surface area contributed by atoms with Crippen molar-refractivity contribution in [2.45, 2.75) is 37.5 Å². The topological polar surface area (TPSA) is 107 Å². The number of rotatable bonds is 14. The Balaban J connectivity index is 1.96. The minimum atomic E-state index is -0.737. The molecule has 0 aliphatic rings. The Morgan fingerprint density at radius 3 is 2.29 bits per heavy atom. The van der Waals surface area contributed by atoms with Crippen molar-refractivity contribution in [2.24, 2.45) is 0 Å². The van der Waals surface area contributed by atoms with Gasteiger partial charge in [0.25, 0.3) is 0 Å². The van der Waals surface area contributed by atoms with Gasteiger partial charge in [-0.2, -0.15) is 10.5 Å². The number of carbonyl (C=O) groups excluding carboxylic acids is 1. The summed E-state index contributed by atoms with van der Waals surface area (Å²) in [6.45, 7) is 4.76. The third kappa shape index (κ3) is 8.46. The van der Waals surface area contributed by atoms with Crippen LogP contribution < -0.4 is 10.6 Å². The molecule has 0 saturated carbocycles. The molecule has 2 rings (SSSR count). The first-order valence-corrected chi connectivity index (χ1v) is 11.2. The third-order valence-electron chi connectivity index (χ3n) is 5.42. The number of methoxy groups -OCH3 is 1. The molecule has 0 radical (unpaired) electrons. The molecule has 0 aliphatic heterocycles. The van der Waals surface area contributed by atoms with Crippen LogP contribution in [0.3, 0.4) is 0 Å². The van der Waals surface area contributed by atoms with Gasteiger partial charge in [-0.1, -0.05) is 42.5 Å². The summed E-state index contributed by atoms with van der Waals surface area (Å²) in [5.41, 5.74) is 3.56. The minimum Gasteiger partial charge on any atom is -0.379 e. The van der Waals surface area contributed by atoms with Crippen molar-refractivity contribution in [1.82, 2.24) is 10.6 Å². The van der Waals surface area contributed by atoms with E-state index in [1.807, 2.05) is 43.4 Å². The van der Waals surface area contributed by atoms with Gasteiger partial charge in [-0.15, -0.1) is 6.58 Å². The van der Waals surface area contributed by atoms with Gasteiger partial charge in [0.05, 0.1) is 30.4 Å². The van der Waals surface area contributed by atoms with E-state index in [-0.39, 0.29) is 18.6 Å². The highest BCUT2D eigenvalue weighted by Crippen LogP contribution is 2.21. The van der Waals surface area contributed by atoms with Crippen molar-refractivity contribution in [3.8, 4) is 23.3 Å². The number of benzene rings is 2. The van der Waals surface area contributed by atoms with Crippen molar-refractivity contribution in [3.05, 3.63) is 72.3 Å². The first-order chi connectivity index (χ1) is 16.5. The first-order valence-electron chi connectivity index (χ1n) is 11.2. The molecule has 0 unspecified atom stereocenters. The molecule has 2 aromatic carbocycles. The highest BCUT2D eigenvalue weighted by molar-refractivity contribution is 5.81. The van der Waals surface area contributed by atoms with Crippen LogP contribution in [0.15, 0.2) is 61.2 Å². The molecule has 1 amide bonds. The largest absolute Gasteiger partial charge is 0.379 e. The maximum absolute atomic E-state index is 12.8. The molecule has 7 nitrogen and oxygen atoms in total. The number of amides is 1. The predicted octanol–water partition coefficient (Wildman–Crippen LogP) is 3.36. The third-order valence-corrected chi connectivity index (χ3v) is 5.42. The van der Waals surface area contributed by atoms with E-state index in [1.54, 1.807) is 25.3 Å². The number of hydrogen-bond donors (Lipinski definition) is 2. The van der Waals surface area contributed by atoms with Crippen LogP contribution in [0.5, 0.6) is 0 Å². The minimum absolute atomic E-state index is 0.131. The van der Waals surface area contributed by atoms with Gasteiger partial charge < -0.3 is 20.1 Å². The standard InChI is InChI=1S/C27H32N4O3/c1-4-5-26(34-19-25(33-3)14-15-30-2)27(32)31-24(18-29)16-20-6-10-22(11-7-20)23-12-8-21(17-28)9-13-23/h4,6-13,24-26,30H,1,5,14-16,19H2,2-3H3,(H,31,32)/t24-,25+,26-/m0/s1. The van der Waals surface area contributed by atoms with Gasteiger partial charge in [0.2, 0.25) is 5.91 Å². The molecule has 0 heterocycles. The van der Waals surface area contributed by atoms with Gasteiger partial charge in [0.15, 0.2) is 0 Å². The molecule has 0 saturated heterocycles. The van der Waals surface area contributed by atoms with Crippen LogP contribution in [-0.4, -0.2) is 51.5 Å². The summed E-state index contributed by atoms with van der Waals surface area (Å²) >= 11 is 0. The van der Waals surface area contributed by atoms with Crippen molar-refractivity contribution < 1.29 is 14.3 Å². The summed E-state index contributed by atoms with van der Waals surface area (Å²) in [6, 6.07) is 18.8. The van der Waals surface area contributed by atoms with Crippen LogP contribution in [0.25, 0.3) is 11.1 Å². The van der Waals surface area contributed by atoms with E-state index in [1.165, 1.54) is 0 Å². The summed E-state index contributed by atoms with van der Waals surface area (Å²) in [5.74, 6) is -0.343. The van der Waals surface area contributed by atoms with E-state index >= 15 is 0 Å². The number of ether oxygens (including phenoxy) is 2. The highest BCUT2D eigenvalue weighted by atomic mass is 16.5. The fourth-order valence-corrected chi connectivity index (χ4v) is 3.40. The SMILES string of the molecule is C=CC[C@H](OC[C@@H](CCNC)OC)C(=O)N[C@H](C#N)Cc1ccc(-c2ccc(C#N)cc2)cc1. The lowest BCUT2D eigenvalue weighted by Crippen LogP contribution is -2.43. The van der Waals surface area contributed by atoms with E-state index in [0.717, 1.165) is 29.7 Å². The summed E-state index contributed by atoms with van der Waals surface area (Å²) in [5, 5.41) is 24.4. The van der Waals surface area contributed by atoms with E-state index < -0.39 is 12.1 Å². The number of nitriles is 2. The van der Waals surface area contributed by atoms with E-state index in [9.17, 15) is 10.1 Å². The zero-order valence-corrected chi connectivity index (χ0v) is 19.8. The average molecular weight is 461 g/mol. The molecule has 34 heavy (non-hydrogen) atoms. The van der Waals surface area contributed by atoms with Gasteiger partial charge in [0.1, 0.15) is 12.1 Å². The molecular weight excluding hydrogens is 428 g/mol. The van der Waals surface area contributed by atoms with Crippen molar-refractivity contribution >= 4 is 5.91 Å². The zero-order valence-electron chi connectivity index (χ0n) is 19.8. The van der Waals surface area contributed by atoms with Gasteiger partial charge in [-0.3, -0.25) is 4.79 Å². The average Bonchev–Trinajstić information content (AvgIpc) is 2.88. The lowest BCUT2D eigenvalue weighted by Gasteiger charge is -2.22. The van der Waals surface area contributed by atoms with Gasteiger partial charge >= 0.3 is 0 Å². The van der Waals surface area contributed by atoms with Gasteiger partial charge in [-0.05, 0) is 48.8 Å². The molecule has 0 fully saturated rings. The monoisotopic (exact) mass is 460 g/mol. The Morgan fingerprint density at radius 2 is 1.76 bits per heavy atom. The van der Waals surface area contributed by atoms with Crippen LogP contribution in [0.1, 0.15) is 24.0 Å². The van der Waals surface area contributed by atoms with Crippen molar-refractivity contribution in [1.29, 1.82) is 10.5 Å². The van der Waals surface area contributed by atoms with Crippen LogP contribution in [0, 0.1) is 22.7 Å². The molecule has 2 N–H and O–H groups in total. The number of hydrogen-bond acceptors (Lipinski definition) is 6. The summed E-state index contributed by atoms with van der Waals surface area (Å²) in [6.07, 6.45) is 2.23. The van der Waals surface area contributed by atoms with Crippen molar-refractivity contribution in [3.63, 3.8) is 0 Å². The quantitative estimate of drug-likeness (QED) is 0.419. The Morgan fingerprint density at radius 1 is 1.12 bits per heavy atom. The van der Waals surface area contributed by atoms with Gasteiger partial charge in [-0.25, -0.2) is 0 Å². The Bertz CT molecular complexity index is 991. The van der Waals surface area contributed by atoms with Crippen molar-refractivity contribution in [2.75, 3.05) is 27.3 Å². The van der Waals surface area contributed by atoms with E-state index in [2.05, 4.69) is 29.4 Å². The lowest BCUT2D eigenvalue weighted by atomic mass is 10.00. The Hall–Kier alpha value is -3.49. The molecule has 3 atom stereocenters. The number of nitrogens with one attached hydrogen (secondary N) is 2. The molecule has 0 spiro atoms. The predicted molar refractivity (Wildman–Crippen MR) is 132 cm³/mol. The molecule has 178 valence electrons. The van der Waals surface area contributed by atoms with Gasteiger partial charge in [0, 0.05) is 20.0 Å². The summed E-state index contributed by atoms with van der Waals surface area (Å²) in [4.78, 5) is 12.8. The maximum Gasteiger partial charge on any atom is 0.250 e. The van der Waals surface area contributed by atoms with Crippen LogP contribution in [0.2, 0.25) is 0 Å². The number of nitrogens with zero attached hydrogens (tertiary/aromatic N) is 2. The summed E-state index contributed by atoms with van der Waals surface area (Å²) < 4.78 is 11.2. The van der Waals surface area contributed by atoms with Crippen LogP contribution in [-0.2, 0) is 20.7 Å². The maximum atomic E-state index is 12.8. The zero-order chi connectivity index (χ0) is 24.8. The van der Waals surface area contributed by atoms with E-state index in [4.69, 9.17) is 14.7 Å². The van der Waals surface area contributed by atoms with Crippen LogP contribution in [0.4, 0.5) is 0 Å². The fraction of sp³-hybridized carbons (Fsp3) is 0.370. The molecule has 0 aromatic heterocycles. The Labute approximate surface area is 202 Å². The lowest BCUT2D eigenvalue weighted by molar-refractivity contribution is -0.135.